The van der Waals surface area contributed by atoms with E-state index in [1.807, 2.05) is 37.8 Å². The van der Waals surface area contributed by atoms with E-state index < -0.39 is 5.97 Å². The van der Waals surface area contributed by atoms with E-state index in [1.165, 1.54) is 0 Å². The van der Waals surface area contributed by atoms with Crippen LogP contribution in [-0.4, -0.2) is 64.1 Å². The Bertz CT molecular complexity index is 739. The van der Waals surface area contributed by atoms with Gasteiger partial charge in [-0.3, -0.25) is 14.5 Å². The Hall–Kier alpha value is -2.08. The van der Waals surface area contributed by atoms with E-state index >= 15 is 0 Å². The number of aliphatic carboxylic acids is 1. The summed E-state index contributed by atoms with van der Waals surface area (Å²) in [5.74, 6) is 0.118. The van der Waals surface area contributed by atoms with E-state index in [1.54, 1.807) is 0 Å². The Balaban J connectivity index is 1.46. The van der Waals surface area contributed by atoms with Gasteiger partial charge in [0.15, 0.2) is 0 Å². The topological polar surface area (TPSA) is 81.1 Å². The normalized spacial score (nSPS) is 23.9. The van der Waals surface area contributed by atoms with Crippen LogP contribution < -0.4 is 0 Å². The van der Waals surface area contributed by atoms with Crippen molar-refractivity contribution in [1.82, 2.24) is 9.80 Å². The van der Waals surface area contributed by atoms with Crippen LogP contribution in [0.4, 0.5) is 0 Å². The number of phenolic OH excluding ortho intramolecular Hbond substituents is 1. The lowest BCUT2D eigenvalue weighted by molar-refractivity contribution is -0.138. The minimum atomic E-state index is -0.683. The third kappa shape index (κ3) is 5.54. The first-order valence-electron chi connectivity index (χ1n) is 11.3. The second kappa shape index (κ2) is 9.82. The highest BCUT2D eigenvalue weighted by molar-refractivity contribution is 5.79. The van der Waals surface area contributed by atoms with Crippen LogP contribution in [0.5, 0.6) is 5.75 Å². The molecule has 0 aromatic heterocycles. The fourth-order valence-corrected chi connectivity index (χ4v) is 5.18. The molecule has 0 spiro atoms. The summed E-state index contributed by atoms with van der Waals surface area (Å²) in [5.41, 5.74) is 2.81. The molecule has 6 heteroatoms. The molecule has 1 atom stereocenters. The fraction of sp³-hybridized carbons (Fsp3) is 0.667. The van der Waals surface area contributed by atoms with E-state index in [4.69, 9.17) is 5.11 Å². The second-order valence-corrected chi connectivity index (χ2v) is 9.32. The third-order valence-electron chi connectivity index (χ3n) is 6.94. The number of carbonyl (C=O) groups excluding carboxylic acids is 1. The number of hydrogen-bond acceptors (Lipinski definition) is 4. The van der Waals surface area contributed by atoms with Crippen molar-refractivity contribution in [3.8, 4) is 5.75 Å². The Labute approximate surface area is 179 Å². The number of hydrogen-bond donors (Lipinski definition) is 2. The highest BCUT2D eigenvalue weighted by Gasteiger charge is 2.31. The summed E-state index contributed by atoms with van der Waals surface area (Å²) in [6.07, 6.45) is 5.13. The van der Waals surface area contributed by atoms with Crippen LogP contribution in [0.3, 0.4) is 0 Å². The molecule has 1 amide bonds. The van der Waals surface area contributed by atoms with Crippen molar-refractivity contribution in [3.05, 3.63) is 28.8 Å². The maximum atomic E-state index is 13.0. The van der Waals surface area contributed by atoms with Crippen molar-refractivity contribution < 1.29 is 19.8 Å². The third-order valence-corrected chi connectivity index (χ3v) is 6.94. The zero-order valence-corrected chi connectivity index (χ0v) is 18.6. The number of rotatable bonds is 6. The van der Waals surface area contributed by atoms with Crippen molar-refractivity contribution in [2.45, 2.75) is 65.3 Å². The Morgan fingerprint density at radius 1 is 1.03 bits per heavy atom. The lowest BCUT2D eigenvalue weighted by Gasteiger charge is -2.42. The van der Waals surface area contributed by atoms with Gasteiger partial charge in [0.1, 0.15) is 5.75 Å². The molecule has 30 heavy (non-hydrogen) atoms. The van der Waals surface area contributed by atoms with Crippen molar-refractivity contribution in [2.75, 3.05) is 26.2 Å². The number of aromatic hydroxyl groups is 1. The van der Waals surface area contributed by atoms with Crippen molar-refractivity contribution >= 4 is 11.9 Å². The number of aryl methyl sites for hydroxylation is 2. The molecule has 1 saturated carbocycles. The first-order chi connectivity index (χ1) is 14.2. The van der Waals surface area contributed by atoms with Gasteiger partial charge in [0.25, 0.3) is 0 Å². The van der Waals surface area contributed by atoms with E-state index in [0.717, 1.165) is 68.6 Å². The van der Waals surface area contributed by atoms with Crippen LogP contribution in [0.25, 0.3) is 0 Å². The summed E-state index contributed by atoms with van der Waals surface area (Å²) in [7, 11) is 0. The Morgan fingerprint density at radius 2 is 1.60 bits per heavy atom. The maximum Gasteiger partial charge on any atom is 0.303 e. The van der Waals surface area contributed by atoms with E-state index in [0.29, 0.717) is 30.6 Å². The standard InChI is InChI=1S/C24H36N2O4/c1-16-12-20(13-17(2)23(16)29)14-18(3)24(30)26-10-8-25(9-11-26)21-6-4-19(5-7-21)15-22(27)28/h12-13,18-19,21,29H,4-11,14-15H2,1-3H3,(H,27,28)/t18-,19?,21?/m1/s1. The van der Waals surface area contributed by atoms with Crippen molar-refractivity contribution in [1.29, 1.82) is 0 Å². The molecule has 1 aliphatic carbocycles. The predicted molar refractivity (Wildman–Crippen MR) is 117 cm³/mol. The maximum absolute atomic E-state index is 13.0. The van der Waals surface area contributed by atoms with Gasteiger partial charge in [0.2, 0.25) is 5.91 Å². The molecule has 1 saturated heterocycles. The summed E-state index contributed by atoms with van der Waals surface area (Å²) in [4.78, 5) is 28.4. The number of piperazine rings is 1. The fourth-order valence-electron chi connectivity index (χ4n) is 5.18. The van der Waals surface area contributed by atoms with Crippen LogP contribution in [0, 0.1) is 25.7 Å². The van der Waals surface area contributed by atoms with Crippen LogP contribution in [0.1, 0.15) is 55.7 Å². The average Bonchev–Trinajstić information content (AvgIpc) is 2.71. The summed E-state index contributed by atoms with van der Waals surface area (Å²) in [6, 6.07) is 4.49. The van der Waals surface area contributed by atoms with Gasteiger partial charge in [-0.1, -0.05) is 19.1 Å². The zero-order chi connectivity index (χ0) is 21.8. The second-order valence-electron chi connectivity index (χ2n) is 9.32. The summed E-state index contributed by atoms with van der Waals surface area (Å²) >= 11 is 0. The summed E-state index contributed by atoms with van der Waals surface area (Å²) in [5, 5.41) is 18.9. The first kappa shape index (κ1) is 22.6. The smallest absolute Gasteiger partial charge is 0.303 e. The molecule has 1 aromatic carbocycles. The number of carboxylic acid groups (broad SMARTS) is 1. The zero-order valence-electron chi connectivity index (χ0n) is 18.6. The molecule has 6 nitrogen and oxygen atoms in total. The molecule has 0 radical (unpaired) electrons. The minimum Gasteiger partial charge on any atom is -0.507 e. The van der Waals surface area contributed by atoms with Gasteiger partial charge in [-0.05, 0) is 68.6 Å². The molecule has 166 valence electrons. The molecule has 3 rings (SSSR count). The van der Waals surface area contributed by atoms with Gasteiger partial charge in [-0.2, -0.15) is 0 Å². The van der Waals surface area contributed by atoms with E-state index in [2.05, 4.69) is 4.90 Å². The van der Waals surface area contributed by atoms with E-state index in [-0.39, 0.29) is 11.8 Å². The number of nitrogens with zero attached hydrogens (tertiary/aromatic N) is 2. The number of phenols is 1. The summed E-state index contributed by atoms with van der Waals surface area (Å²) in [6.45, 7) is 9.14. The predicted octanol–water partition coefficient (Wildman–Crippen LogP) is 3.37. The monoisotopic (exact) mass is 416 g/mol. The molecule has 0 unspecified atom stereocenters. The average molecular weight is 417 g/mol. The Kier molecular flexibility index (Phi) is 7.40. The van der Waals surface area contributed by atoms with Gasteiger partial charge in [0, 0.05) is 44.6 Å². The molecule has 2 aliphatic rings. The number of amides is 1. The largest absolute Gasteiger partial charge is 0.507 e. The summed E-state index contributed by atoms with van der Waals surface area (Å²) < 4.78 is 0. The molecule has 2 N–H and O–H groups in total. The molecule has 1 aliphatic heterocycles. The molecule has 2 fully saturated rings. The quantitative estimate of drug-likeness (QED) is 0.743. The van der Waals surface area contributed by atoms with E-state index in [9.17, 15) is 14.7 Å². The number of carbonyl (C=O) groups is 2. The molecule has 1 heterocycles. The van der Waals surface area contributed by atoms with Gasteiger partial charge in [0.05, 0.1) is 0 Å². The number of benzene rings is 1. The lowest BCUT2D eigenvalue weighted by atomic mass is 9.83. The van der Waals surface area contributed by atoms with Gasteiger partial charge < -0.3 is 15.1 Å². The van der Waals surface area contributed by atoms with Gasteiger partial charge >= 0.3 is 5.97 Å². The van der Waals surface area contributed by atoms with Crippen LogP contribution >= 0.6 is 0 Å². The molecular formula is C24H36N2O4. The molecular weight excluding hydrogens is 380 g/mol. The molecule has 1 aromatic rings. The number of carboxylic acids is 1. The van der Waals surface area contributed by atoms with Crippen LogP contribution in [0.2, 0.25) is 0 Å². The molecule has 0 bridgehead atoms. The highest BCUT2D eigenvalue weighted by Crippen LogP contribution is 2.30. The van der Waals surface area contributed by atoms with Crippen LogP contribution in [-0.2, 0) is 16.0 Å². The Morgan fingerprint density at radius 3 is 2.13 bits per heavy atom. The van der Waals surface area contributed by atoms with Crippen molar-refractivity contribution in [2.24, 2.45) is 11.8 Å². The SMILES string of the molecule is Cc1cc(C[C@@H](C)C(=O)N2CCN(C3CCC(CC(=O)O)CC3)CC2)cc(C)c1O. The van der Waals surface area contributed by atoms with Gasteiger partial charge in [-0.15, -0.1) is 0 Å². The first-order valence-corrected chi connectivity index (χ1v) is 11.3. The minimum absolute atomic E-state index is 0.0775. The highest BCUT2D eigenvalue weighted by atomic mass is 16.4. The van der Waals surface area contributed by atoms with Crippen LogP contribution in [0.15, 0.2) is 12.1 Å². The van der Waals surface area contributed by atoms with Gasteiger partial charge in [-0.25, -0.2) is 0 Å². The lowest BCUT2D eigenvalue weighted by Crippen LogP contribution is -2.53. The van der Waals surface area contributed by atoms with Crippen molar-refractivity contribution in [3.63, 3.8) is 0 Å².